The highest BCUT2D eigenvalue weighted by molar-refractivity contribution is 5.20. The quantitative estimate of drug-likeness (QED) is 0.776. The van der Waals surface area contributed by atoms with Crippen LogP contribution in [-0.4, -0.2) is 23.4 Å². The number of nitrogens with zero attached hydrogens (tertiary/aromatic N) is 2. The van der Waals surface area contributed by atoms with Crippen LogP contribution in [0.5, 0.6) is 5.75 Å². The summed E-state index contributed by atoms with van der Waals surface area (Å²) in [4.78, 5) is 0. The molecule has 1 N–H and O–H groups in total. The number of rotatable bonds is 7. The molecule has 4 heteroatoms. The highest BCUT2D eigenvalue weighted by Crippen LogP contribution is 2.09. The third-order valence-electron chi connectivity index (χ3n) is 2.96. The fourth-order valence-electron chi connectivity index (χ4n) is 1.97. The molecular formula is C15H21N3O. The van der Waals surface area contributed by atoms with E-state index in [9.17, 15) is 0 Å². The molecule has 1 aromatic heterocycles. The minimum atomic E-state index is 0.713. The van der Waals surface area contributed by atoms with Crippen molar-refractivity contribution in [1.82, 2.24) is 15.1 Å². The van der Waals surface area contributed by atoms with Gasteiger partial charge in [0.2, 0.25) is 0 Å². The number of aromatic nitrogens is 2. The Labute approximate surface area is 114 Å². The highest BCUT2D eigenvalue weighted by atomic mass is 16.5. The molecule has 2 aromatic rings. The monoisotopic (exact) mass is 259 g/mol. The van der Waals surface area contributed by atoms with Crippen LogP contribution in [0, 0.1) is 6.92 Å². The Hall–Kier alpha value is -1.81. The van der Waals surface area contributed by atoms with Crippen LogP contribution in [0.25, 0.3) is 0 Å². The van der Waals surface area contributed by atoms with Crippen molar-refractivity contribution in [3.05, 3.63) is 47.8 Å². The fourth-order valence-corrected chi connectivity index (χ4v) is 1.97. The molecule has 1 heterocycles. The van der Waals surface area contributed by atoms with Crippen molar-refractivity contribution in [1.29, 1.82) is 0 Å². The maximum absolute atomic E-state index is 5.66. The van der Waals surface area contributed by atoms with Crippen molar-refractivity contribution in [2.75, 3.05) is 13.7 Å². The molecule has 0 aliphatic rings. The minimum Gasteiger partial charge on any atom is -0.494 e. The van der Waals surface area contributed by atoms with Crippen LogP contribution in [-0.2, 0) is 13.1 Å². The van der Waals surface area contributed by atoms with Crippen molar-refractivity contribution in [3.63, 3.8) is 0 Å². The van der Waals surface area contributed by atoms with E-state index in [1.54, 1.807) is 0 Å². The molecule has 0 unspecified atom stereocenters. The molecule has 0 atom stereocenters. The van der Waals surface area contributed by atoms with E-state index < -0.39 is 0 Å². The zero-order valence-corrected chi connectivity index (χ0v) is 11.6. The zero-order valence-electron chi connectivity index (χ0n) is 11.6. The summed E-state index contributed by atoms with van der Waals surface area (Å²) in [7, 11) is 1.95. The van der Waals surface area contributed by atoms with Crippen molar-refractivity contribution in [2.24, 2.45) is 0 Å². The second kappa shape index (κ2) is 6.95. The molecule has 0 aliphatic heterocycles. The Bertz CT molecular complexity index is 493. The SMILES string of the molecule is CNCc1cn(CCCOc2ccccc2)nc1C. The van der Waals surface area contributed by atoms with Gasteiger partial charge in [0.15, 0.2) is 0 Å². The number of hydrogen-bond acceptors (Lipinski definition) is 3. The van der Waals surface area contributed by atoms with Gasteiger partial charge < -0.3 is 10.1 Å². The molecule has 2 rings (SSSR count). The van der Waals surface area contributed by atoms with E-state index in [0.717, 1.165) is 31.0 Å². The normalized spacial score (nSPS) is 10.6. The summed E-state index contributed by atoms with van der Waals surface area (Å²) < 4.78 is 7.66. The smallest absolute Gasteiger partial charge is 0.119 e. The van der Waals surface area contributed by atoms with Gasteiger partial charge in [-0.1, -0.05) is 18.2 Å². The maximum Gasteiger partial charge on any atom is 0.119 e. The molecule has 0 radical (unpaired) electrons. The van der Waals surface area contributed by atoms with Gasteiger partial charge in [-0.15, -0.1) is 0 Å². The summed E-state index contributed by atoms with van der Waals surface area (Å²) in [5, 5.41) is 7.64. The lowest BCUT2D eigenvalue weighted by molar-refractivity contribution is 0.298. The molecule has 102 valence electrons. The van der Waals surface area contributed by atoms with Crippen molar-refractivity contribution in [2.45, 2.75) is 26.4 Å². The van der Waals surface area contributed by atoms with Crippen LogP contribution >= 0.6 is 0 Å². The molecule has 0 saturated carbocycles. The summed E-state index contributed by atoms with van der Waals surface area (Å²) >= 11 is 0. The Morgan fingerprint density at radius 2 is 2.05 bits per heavy atom. The number of nitrogens with one attached hydrogen (secondary N) is 1. The number of hydrogen-bond donors (Lipinski definition) is 1. The first-order valence-corrected chi connectivity index (χ1v) is 6.65. The zero-order chi connectivity index (χ0) is 13.5. The fraction of sp³-hybridized carbons (Fsp3) is 0.400. The second-order valence-electron chi connectivity index (χ2n) is 4.55. The Morgan fingerprint density at radius 3 is 2.79 bits per heavy atom. The molecule has 19 heavy (non-hydrogen) atoms. The van der Waals surface area contributed by atoms with Gasteiger partial charge in [0, 0.05) is 31.3 Å². The molecule has 4 nitrogen and oxygen atoms in total. The average Bonchev–Trinajstić information content (AvgIpc) is 2.77. The van der Waals surface area contributed by atoms with Gasteiger partial charge in [0.1, 0.15) is 5.75 Å². The van der Waals surface area contributed by atoms with Crippen LogP contribution in [0.2, 0.25) is 0 Å². The van der Waals surface area contributed by atoms with E-state index in [-0.39, 0.29) is 0 Å². The lowest BCUT2D eigenvalue weighted by Crippen LogP contribution is -2.06. The third kappa shape index (κ3) is 4.10. The van der Waals surface area contributed by atoms with Crippen LogP contribution in [0.4, 0.5) is 0 Å². The van der Waals surface area contributed by atoms with Crippen molar-refractivity contribution >= 4 is 0 Å². The van der Waals surface area contributed by atoms with Gasteiger partial charge >= 0.3 is 0 Å². The van der Waals surface area contributed by atoms with E-state index in [1.807, 2.05) is 49.0 Å². The Balaban J connectivity index is 1.75. The van der Waals surface area contributed by atoms with E-state index >= 15 is 0 Å². The second-order valence-corrected chi connectivity index (χ2v) is 4.55. The summed E-state index contributed by atoms with van der Waals surface area (Å²) in [5.41, 5.74) is 2.35. The lowest BCUT2D eigenvalue weighted by Gasteiger charge is -2.05. The number of aryl methyl sites for hydroxylation is 2. The van der Waals surface area contributed by atoms with Gasteiger partial charge in [0.25, 0.3) is 0 Å². The number of ether oxygens (including phenoxy) is 1. The van der Waals surface area contributed by atoms with Crippen LogP contribution < -0.4 is 10.1 Å². The summed E-state index contributed by atoms with van der Waals surface area (Å²) in [5.74, 6) is 0.926. The minimum absolute atomic E-state index is 0.713. The maximum atomic E-state index is 5.66. The predicted molar refractivity (Wildman–Crippen MR) is 76.3 cm³/mol. The Kier molecular flexibility index (Phi) is 4.98. The molecule has 1 aromatic carbocycles. The topological polar surface area (TPSA) is 39.1 Å². The van der Waals surface area contributed by atoms with E-state index in [2.05, 4.69) is 16.6 Å². The van der Waals surface area contributed by atoms with Crippen molar-refractivity contribution in [3.8, 4) is 5.75 Å². The van der Waals surface area contributed by atoms with Gasteiger partial charge in [-0.05, 0) is 26.1 Å². The molecular weight excluding hydrogens is 238 g/mol. The third-order valence-corrected chi connectivity index (χ3v) is 2.96. The summed E-state index contributed by atoms with van der Waals surface area (Å²) in [6.45, 7) is 4.51. The molecule has 0 spiro atoms. The largest absolute Gasteiger partial charge is 0.494 e. The molecule has 0 fully saturated rings. The first-order chi connectivity index (χ1) is 9.29. The van der Waals surface area contributed by atoms with Gasteiger partial charge in [0.05, 0.1) is 12.3 Å². The number of benzene rings is 1. The standard InChI is InChI=1S/C15H21N3O/c1-13-14(11-16-2)12-18(17-13)9-6-10-19-15-7-4-3-5-8-15/h3-5,7-8,12,16H,6,9-11H2,1-2H3. The Morgan fingerprint density at radius 1 is 1.26 bits per heavy atom. The van der Waals surface area contributed by atoms with Crippen LogP contribution in [0.3, 0.4) is 0 Å². The van der Waals surface area contributed by atoms with Gasteiger partial charge in [-0.3, -0.25) is 4.68 Å². The van der Waals surface area contributed by atoms with E-state index in [1.165, 1.54) is 5.56 Å². The van der Waals surface area contributed by atoms with Crippen molar-refractivity contribution < 1.29 is 4.74 Å². The summed E-state index contributed by atoms with van der Waals surface area (Å²) in [6.07, 6.45) is 3.06. The highest BCUT2D eigenvalue weighted by Gasteiger charge is 2.03. The number of para-hydroxylation sites is 1. The average molecular weight is 259 g/mol. The molecule has 0 saturated heterocycles. The first-order valence-electron chi connectivity index (χ1n) is 6.65. The summed E-state index contributed by atoms with van der Waals surface area (Å²) in [6, 6.07) is 9.90. The molecule has 0 amide bonds. The van der Waals surface area contributed by atoms with Gasteiger partial charge in [-0.25, -0.2) is 0 Å². The first kappa shape index (κ1) is 13.6. The molecule has 0 aliphatic carbocycles. The van der Waals surface area contributed by atoms with Crippen LogP contribution in [0.1, 0.15) is 17.7 Å². The predicted octanol–water partition coefficient (Wildman–Crippen LogP) is 2.38. The van der Waals surface area contributed by atoms with Gasteiger partial charge in [-0.2, -0.15) is 5.10 Å². The van der Waals surface area contributed by atoms with E-state index in [0.29, 0.717) is 6.61 Å². The van der Waals surface area contributed by atoms with Crippen LogP contribution in [0.15, 0.2) is 36.5 Å². The molecule has 0 bridgehead atoms. The lowest BCUT2D eigenvalue weighted by atomic mass is 10.3. The van der Waals surface area contributed by atoms with E-state index in [4.69, 9.17) is 4.74 Å².